The molecule has 14 heavy (non-hydrogen) atoms. The van der Waals surface area contributed by atoms with E-state index in [2.05, 4.69) is 11.8 Å². The maximum Gasteiger partial charge on any atom is 0.152 e. The summed E-state index contributed by atoms with van der Waals surface area (Å²) in [5, 5.41) is 0. The van der Waals surface area contributed by atoms with Crippen molar-refractivity contribution < 1.29 is 14.0 Å². The highest BCUT2D eigenvalue weighted by atomic mass is 19.1. The lowest BCUT2D eigenvalue weighted by molar-refractivity contribution is -0.107. The third-order valence-corrected chi connectivity index (χ3v) is 1.55. The van der Waals surface area contributed by atoms with Crippen molar-refractivity contribution in [1.82, 2.24) is 0 Å². The SMILES string of the molecule is O=CCC#Cc1ccc(C=O)c(F)c1. The molecule has 0 bridgehead atoms. The maximum atomic E-state index is 13.0. The van der Waals surface area contributed by atoms with Gasteiger partial charge in [-0.2, -0.15) is 0 Å². The molecule has 0 aliphatic carbocycles. The molecule has 3 heteroatoms. The fourth-order valence-corrected chi connectivity index (χ4v) is 0.895. The van der Waals surface area contributed by atoms with Gasteiger partial charge >= 0.3 is 0 Å². The van der Waals surface area contributed by atoms with Crippen LogP contribution < -0.4 is 0 Å². The largest absolute Gasteiger partial charge is 0.302 e. The van der Waals surface area contributed by atoms with Crippen molar-refractivity contribution in [3.05, 3.63) is 35.1 Å². The first-order chi connectivity index (χ1) is 6.77. The predicted octanol–water partition coefficient (Wildman–Crippen LogP) is 1.58. The first kappa shape index (κ1) is 10.1. The second kappa shape index (κ2) is 4.93. The van der Waals surface area contributed by atoms with Gasteiger partial charge in [0.2, 0.25) is 0 Å². The molecule has 0 aliphatic heterocycles. The molecule has 0 atom stereocenters. The molecule has 1 rings (SSSR count). The maximum absolute atomic E-state index is 13.0. The molecule has 0 saturated heterocycles. The Labute approximate surface area is 80.7 Å². The minimum absolute atomic E-state index is 0.00550. The van der Waals surface area contributed by atoms with Gasteiger partial charge in [0.15, 0.2) is 6.29 Å². The third-order valence-electron chi connectivity index (χ3n) is 1.55. The minimum atomic E-state index is -0.599. The Morgan fingerprint density at radius 1 is 1.36 bits per heavy atom. The molecule has 0 fully saturated rings. The van der Waals surface area contributed by atoms with E-state index in [-0.39, 0.29) is 12.0 Å². The molecule has 0 aliphatic rings. The molecule has 0 amide bonds. The molecular weight excluding hydrogens is 183 g/mol. The average Bonchev–Trinajstić information content (AvgIpc) is 2.18. The molecule has 0 unspecified atom stereocenters. The number of carbonyl (C=O) groups excluding carboxylic acids is 2. The molecule has 0 radical (unpaired) electrons. The summed E-state index contributed by atoms with van der Waals surface area (Å²) in [5.41, 5.74) is 0.459. The fourth-order valence-electron chi connectivity index (χ4n) is 0.895. The highest BCUT2D eigenvalue weighted by Gasteiger charge is 1.99. The van der Waals surface area contributed by atoms with Gasteiger partial charge in [0.05, 0.1) is 12.0 Å². The molecule has 0 heterocycles. The van der Waals surface area contributed by atoms with E-state index in [1.807, 2.05) is 0 Å². The van der Waals surface area contributed by atoms with E-state index in [4.69, 9.17) is 0 Å². The monoisotopic (exact) mass is 190 g/mol. The second-order valence-corrected chi connectivity index (χ2v) is 2.53. The standard InChI is InChI=1S/C11H7FO2/c12-11-7-9(3-1-2-6-13)4-5-10(11)8-14/h4-8H,2H2. The van der Waals surface area contributed by atoms with E-state index in [1.165, 1.54) is 18.2 Å². The second-order valence-electron chi connectivity index (χ2n) is 2.53. The molecule has 0 spiro atoms. The summed E-state index contributed by atoms with van der Waals surface area (Å²) in [6, 6.07) is 4.05. The number of carbonyl (C=O) groups is 2. The van der Waals surface area contributed by atoms with E-state index in [0.29, 0.717) is 18.1 Å². The zero-order valence-corrected chi connectivity index (χ0v) is 7.29. The zero-order chi connectivity index (χ0) is 10.4. The predicted molar refractivity (Wildman–Crippen MR) is 49.3 cm³/mol. The van der Waals surface area contributed by atoms with Crippen LogP contribution in [0.2, 0.25) is 0 Å². The normalized spacial score (nSPS) is 8.64. The molecule has 1 aromatic carbocycles. The third kappa shape index (κ3) is 2.53. The van der Waals surface area contributed by atoms with Gasteiger partial charge in [-0.1, -0.05) is 11.8 Å². The smallest absolute Gasteiger partial charge is 0.152 e. The van der Waals surface area contributed by atoms with Gasteiger partial charge in [0.25, 0.3) is 0 Å². The lowest BCUT2D eigenvalue weighted by Crippen LogP contribution is -1.88. The van der Waals surface area contributed by atoms with E-state index in [1.54, 1.807) is 0 Å². The Morgan fingerprint density at radius 3 is 2.71 bits per heavy atom. The Kier molecular flexibility index (Phi) is 3.57. The van der Waals surface area contributed by atoms with Crippen LogP contribution in [0.5, 0.6) is 0 Å². The quantitative estimate of drug-likeness (QED) is 0.524. The summed E-state index contributed by atoms with van der Waals surface area (Å²) in [7, 11) is 0. The first-order valence-electron chi connectivity index (χ1n) is 3.95. The van der Waals surface area contributed by atoms with E-state index >= 15 is 0 Å². The van der Waals surface area contributed by atoms with Crippen molar-refractivity contribution in [2.24, 2.45) is 0 Å². The highest BCUT2D eigenvalue weighted by Crippen LogP contribution is 2.07. The summed E-state index contributed by atoms with van der Waals surface area (Å²) >= 11 is 0. The van der Waals surface area contributed by atoms with Crippen LogP contribution in [0.25, 0.3) is 0 Å². The van der Waals surface area contributed by atoms with Crippen molar-refractivity contribution in [2.45, 2.75) is 6.42 Å². The lowest BCUT2D eigenvalue weighted by Gasteiger charge is -1.94. The van der Waals surface area contributed by atoms with Crippen molar-refractivity contribution in [2.75, 3.05) is 0 Å². The molecule has 1 aromatic rings. The van der Waals surface area contributed by atoms with Gasteiger partial charge in [0, 0.05) is 5.56 Å². The molecule has 0 N–H and O–H groups in total. The number of halogens is 1. The average molecular weight is 190 g/mol. The Bertz CT molecular complexity index is 413. The Morgan fingerprint density at radius 2 is 2.14 bits per heavy atom. The lowest BCUT2D eigenvalue weighted by atomic mass is 10.1. The van der Waals surface area contributed by atoms with E-state index in [0.717, 1.165) is 0 Å². The van der Waals surface area contributed by atoms with Gasteiger partial charge in [-0.05, 0) is 18.2 Å². The minimum Gasteiger partial charge on any atom is -0.302 e. The van der Waals surface area contributed by atoms with Crippen molar-refractivity contribution in [1.29, 1.82) is 0 Å². The number of hydrogen-bond acceptors (Lipinski definition) is 2. The Hall–Kier alpha value is -1.95. The molecule has 70 valence electrons. The van der Waals surface area contributed by atoms with Gasteiger partial charge in [-0.3, -0.25) is 4.79 Å². The number of aldehydes is 2. The summed E-state index contributed by atoms with van der Waals surface area (Å²) in [4.78, 5) is 20.2. The number of rotatable bonds is 2. The van der Waals surface area contributed by atoms with Gasteiger partial charge < -0.3 is 4.79 Å². The molecule has 0 aromatic heterocycles. The van der Waals surface area contributed by atoms with Gasteiger partial charge in [-0.25, -0.2) is 4.39 Å². The molecule has 2 nitrogen and oxygen atoms in total. The fraction of sp³-hybridized carbons (Fsp3) is 0.0909. The van der Waals surface area contributed by atoms with Crippen LogP contribution in [0, 0.1) is 17.7 Å². The van der Waals surface area contributed by atoms with Crippen LogP contribution in [0.15, 0.2) is 18.2 Å². The molecular formula is C11H7FO2. The van der Waals surface area contributed by atoms with Crippen molar-refractivity contribution in [3.8, 4) is 11.8 Å². The van der Waals surface area contributed by atoms with Crippen LogP contribution in [-0.4, -0.2) is 12.6 Å². The first-order valence-corrected chi connectivity index (χ1v) is 3.95. The van der Waals surface area contributed by atoms with Crippen LogP contribution in [-0.2, 0) is 4.79 Å². The van der Waals surface area contributed by atoms with Crippen LogP contribution in [0.4, 0.5) is 4.39 Å². The van der Waals surface area contributed by atoms with Crippen LogP contribution in [0.3, 0.4) is 0 Å². The van der Waals surface area contributed by atoms with Crippen molar-refractivity contribution >= 4 is 12.6 Å². The summed E-state index contributed by atoms with van der Waals surface area (Å²) in [6.07, 6.45) is 1.23. The zero-order valence-electron chi connectivity index (χ0n) is 7.29. The topological polar surface area (TPSA) is 34.1 Å². The summed E-state index contributed by atoms with van der Waals surface area (Å²) < 4.78 is 13.0. The van der Waals surface area contributed by atoms with E-state index in [9.17, 15) is 14.0 Å². The summed E-state index contributed by atoms with van der Waals surface area (Å²) in [6.45, 7) is 0. The van der Waals surface area contributed by atoms with E-state index < -0.39 is 5.82 Å². The van der Waals surface area contributed by atoms with Gasteiger partial charge in [-0.15, -0.1) is 0 Å². The number of hydrogen-bond donors (Lipinski definition) is 0. The number of benzene rings is 1. The van der Waals surface area contributed by atoms with Gasteiger partial charge in [0.1, 0.15) is 12.1 Å². The van der Waals surface area contributed by atoms with Crippen LogP contribution in [0.1, 0.15) is 22.3 Å². The van der Waals surface area contributed by atoms with Crippen LogP contribution >= 0.6 is 0 Å². The summed E-state index contributed by atoms with van der Waals surface area (Å²) in [5.74, 6) is 4.54. The Balaban J connectivity index is 2.93. The molecule has 0 saturated carbocycles. The van der Waals surface area contributed by atoms with Crippen molar-refractivity contribution in [3.63, 3.8) is 0 Å². The highest BCUT2D eigenvalue weighted by molar-refractivity contribution is 5.75.